The van der Waals surface area contributed by atoms with Crippen LogP contribution in [0.25, 0.3) is 0 Å². The van der Waals surface area contributed by atoms with Crippen molar-refractivity contribution < 1.29 is 4.79 Å². The molecule has 2 N–H and O–H groups in total. The van der Waals surface area contributed by atoms with Gasteiger partial charge in [0.1, 0.15) is 6.07 Å². The average Bonchev–Trinajstić information content (AvgIpc) is 2.45. The Hall–Kier alpha value is -2.51. The molecule has 1 amide bonds. The van der Waals surface area contributed by atoms with Gasteiger partial charge in [-0.05, 0) is 42.8 Å². The zero-order valence-electron chi connectivity index (χ0n) is 11.5. The van der Waals surface area contributed by atoms with Gasteiger partial charge in [0.2, 0.25) is 5.91 Å². The number of hydrogen-bond donors (Lipinski definition) is 2. The van der Waals surface area contributed by atoms with Crippen LogP contribution >= 0.6 is 11.6 Å². The maximum atomic E-state index is 11.9. The van der Waals surface area contributed by atoms with Crippen molar-refractivity contribution in [2.75, 3.05) is 17.2 Å². The van der Waals surface area contributed by atoms with E-state index in [4.69, 9.17) is 16.9 Å². The Bertz CT molecular complexity index is 707. The summed E-state index contributed by atoms with van der Waals surface area (Å²) >= 11 is 5.91. The van der Waals surface area contributed by atoms with Gasteiger partial charge in [0.05, 0.1) is 17.1 Å². The number of benzene rings is 2. The summed E-state index contributed by atoms with van der Waals surface area (Å²) in [5, 5.41) is 14.9. The van der Waals surface area contributed by atoms with Crippen LogP contribution in [0.4, 0.5) is 11.4 Å². The molecule has 0 aliphatic rings. The molecule has 2 rings (SSSR count). The SMILES string of the molecule is Cc1cccc(NCC(=O)Nc2ccc(C#N)c(Cl)c2)c1. The first-order chi connectivity index (χ1) is 10.1. The van der Waals surface area contributed by atoms with Crippen LogP contribution in [0, 0.1) is 18.3 Å². The maximum Gasteiger partial charge on any atom is 0.243 e. The van der Waals surface area contributed by atoms with Gasteiger partial charge >= 0.3 is 0 Å². The monoisotopic (exact) mass is 299 g/mol. The third-order valence-electron chi connectivity index (χ3n) is 2.84. The van der Waals surface area contributed by atoms with Crippen LogP contribution in [0.1, 0.15) is 11.1 Å². The lowest BCUT2D eigenvalue weighted by molar-refractivity contribution is -0.114. The normalized spacial score (nSPS) is 9.76. The minimum Gasteiger partial charge on any atom is -0.376 e. The van der Waals surface area contributed by atoms with Crippen LogP contribution in [0.15, 0.2) is 42.5 Å². The number of halogens is 1. The molecule has 0 radical (unpaired) electrons. The minimum atomic E-state index is -0.183. The number of rotatable bonds is 4. The molecule has 0 aromatic heterocycles. The van der Waals surface area contributed by atoms with E-state index in [1.54, 1.807) is 18.2 Å². The molecule has 0 saturated carbocycles. The quantitative estimate of drug-likeness (QED) is 0.907. The highest BCUT2D eigenvalue weighted by Crippen LogP contribution is 2.20. The van der Waals surface area contributed by atoms with Crippen LogP contribution in [-0.2, 0) is 4.79 Å². The van der Waals surface area contributed by atoms with Crippen molar-refractivity contribution in [3.05, 3.63) is 58.6 Å². The van der Waals surface area contributed by atoms with Gasteiger partial charge in [0, 0.05) is 11.4 Å². The highest BCUT2D eigenvalue weighted by Gasteiger charge is 2.05. The zero-order valence-corrected chi connectivity index (χ0v) is 12.2. The topological polar surface area (TPSA) is 64.9 Å². The lowest BCUT2D eigenvalue weighted by atomic mass is 10.2. The molecule has 5 heteroatoms. The van der Waals surface area contributed by atoms with Crippen molar-refractivity contribution in [3.8, 4) is 6.07 Å². The fourth-order valence-corrected chi connectivity index (χ4v) is 2.05. The molecule has 0 unspecified atom stereocenters. The maximum absolute atomic E-state index is 11.9. The summed E-state index contributed by atoms with van der Waals surface area (Å²) in [5.41, 5.74) is 2.96. The van der Waals surface area contributed by atoms with E-state index in [0.29, 0.717) is 16.3 Å². The van der Waals surface area contributed by atoms with Crippen LogP contribution in [0.3, 0.4) is 0 Å². The summed E-state index contributed by atoms with van der Waals surface area (Å²) in [5.74, 6) is -0.183. The molecule has 0 fully saturated rings. The predicted molar refractivity (Wildman–Crippen MR) is 84.5 cm³/mol. The van der Waals surface area contributed by atoms with Crippen molar-refractivity contribution >= 4 is 28.9 Å². The lowest BCUT2D eigenvalue weighted by Gasteiger charge is -2.09. The predicted octanol–water partition coefficient (Wildman–Crippen LogP) is 3.57. The van der Waals surface area contributed by atoms with Gasteiger partial charge in [-0.15, -0.1) is 0 Å². The summed E-state index contributed by atoms with van der Waals surface area (Å²) in [7, 11) is 0. The van der Waals surface area contributed by atoms with Crippen molar-refractivity contribution in [1.82, 2.24) is 0 Å². The highest BCUT2D eigenvalue weighted by molar-refractivity contribution is 6.32. The summed E-state index contributed by atoms with van der Waals surface area (Å²) in [6.45, 7) is 2.14. The van der Waals surface area contributed by atoms with Crippen molar-refractivity contribution in [2.45, 2.75) is 6.92 Å². The summed E-state index contributed by atoms with van der Waals surface area (Å²) in [6, 6.07) is 14.5. The molecule has 0 saturated heterocycles. The van der Waals surface area contributed by atoms with Crippen molar-refractivity contribution in [2.24, 2.45) is 0 Å². The van der Waals surface area contributed by atoms with Gasteiger partial charge < -0.3 is 10.6 Å². The molecule has 106 valence electrons. The largest absolute Gasteiger partial charge is 0.376 e. The van der Waals surface area contributed by atoms with E-state index in [0.717, 1.165) is 11.3 Å². The smallest absolute Gasteiger partial charge is 0.243 e. The van der Waals surface area contributed by atoms with Crippen molar-refractivity contribution in [1.29, 1.82) is 5.26 Å². The second-order valence-corrected chi connectivity index (χ2v) is 4.98. The van der Waals surface area contributed by atoms with Crippen LogP contribution < -0.4 is 10.6 Å². The molecule has 0 heterocycles. The third kappa shape index (κ3) is 4.23. The highest BCUT2D eigenvalue weighted by atomic mass is 35.5. The van der Waals surface area contributed by atoms with Crippen LogP contribution in [-0.4, -0.2) is 12.5 Å². The van der Waals surface area contributed by atoms with Gasteiger partial charge in [-0.25, -0.2) is 0 Å². The van der Waals surface area contributed by atoms with E-state index in [-0.39, 0.29) is 12.5 Å². The second-order valence-electron chi connectivity index (χ2n) is 4.58. The van der Waals surface area contributed by atoms with E-state index in [2.05, 4.69) is 10.6 Å². The Balaban J connectivity index is 1.93. The van der Waals surface area contributed by atoms with Gasteiger partial charge in [0.25, 0.3) is 0 Å². The minimum absolute atomic E-state index is 0.154. The van der Waals surface area contributed by atoms with E-state index in [9.17, 15) is 4.79 Å². The second kappa shape index (κ2) is 6.78. The van der Waals surface area contributed by atoms with Crippen LogP contribution in [0.5, 0.6) is 0 Å². The molecule has 2 aromatic rings. The summed E-state index contributed by atoms with van der Waals surface area (Å²) in [4.78, 5) is 11.9. The number of aryl methyl sites for hydroxylation is 1. The van der Waals surface area contributed by atoms with Gasteiger partial charge in [-0.1, -0.05) is 23.7 Å². The lowest BCUT2D eigenvalue weighted by Crippen LogP contribution is -2.21. The molecule has 21 heavy (non-hydrogen) atoms. The fourth-order valence-electron chi connectivity index (χ4n) is 1.83. The number of carbonyl (C=O) groups is 1. The number of nitriles is 1. The number of carbonyl (C=O) groups excluding carboxylic acids is 1. The molecule has 2 aromatic carbocycles. The first-order valence-corrected chi connectivity index (χ1v) is 6.76. The average molecular weight is 300 g/mol. The van der Waals surface area contributed by atoms with Gasteiger partial charge in [-0.3, -0.25) is 4.79 Å². The zero-order chi connectivity index (χ0) is 15.2. The Morgan fingerprint density at radius 3 is 2.71 bits per heavy atom. The molecule has 0 aliphatic carbocycles. The standard InChI is InChI=1S/C16H14ClN3O/c1-11-3-2-4-13(7-11)19-10-16(21)20-14-6-5-12(9-18)15(17)8-14/h2-8,19H,10H2,1H3,(H,20,21). The Morgan fingerprint density at radius 1 is 1.24 bits per heavy atom. The molecular weight excluding hydrogens is 286 g/mol. The Labute approximate surface area is 128 Å². The molecule has 0 spiro atoms. The number of anilines is 2. The van der Waals surface area contributed by atoms with E-state index in [1.165, 1.54) is 0 Å². The molecule has 0 aliphatic heterocycles. The van der Waals surface area contributed by atoms with Gasteiger partial charge in [0.15, 0.2) is 0 Å². The number of hydrogen-bond acceptors (Lipinski definition) is 3. The molecule has 4 nitrogen and oxygen atoms in total. The number of amides is 1. The summed E-state index contributed by atoms with van der Waals surface area (Å²) < 4.78 is 0. The molecular formula is C16H14ClN3O. The first-order valence-electron chi connectivity index (χ1n) is 6.38. The van der Waals surface area contributed by atoms with E-state index < -0.39 is 0 Å². The Morgan fingerprint density at radius 2 is 2.05 bits per heavy atom. The third-order valence-corrected chi connectivity index (χ3v) is 3.16. The number of nitrogens with one attached hydrogen (secondary N) is 2. The van der Waals surface area contributed by atoms with E-state index in [1.807, 2.05) is 37.3 Å². The van der Waals surface area contributed by atoms with Gasteiger partial charge in [-0.2, -0.15) is 5.26 Å². The first kappa shape index (κ1) is 14.9. The fraction of sp³-hybridized carbons (Fsp3) is 0.125. The number of nitrogens with zero attached hydrogens (tertiary/aromatic N) is 1. The van der Waals surface area contributed by atoms with E-state index >= 15 is 0 Å². The Kier molecular flexibility index (Phi) is 4.81. The molecule has 0 bridgehead atoms. The van der Waals surface area contributed by atoms with Crippen molar-refractivity contribution in [3.63, 3.8) is 0 Å². The summed E-state index contributed by atoms with van der Waals surface area (Å²) in [6.07, 6.45) is 0. The molecule has 0 atom stereocenters. The van der Waals surface area contributed by atoms with Crippen LogP contribution in [0.2, 0.25) is 5.02 Å².